The summed E-state index contributed by atoms with van der Waals surface area (Å²) in [5.41, 5.74) is 3.46. The lowest BCUT2D eigenvalue weighted by atomic mass is 10.3. The van der Waals surface area contributed by atoms with Crippen LogP contribution in [0.5, 0.6) is 0 Å². The lowest BCUT2D eigenvalue weighted by Gasteiger charge is -2.02. The molecule has 1 N–H and O–H groups in total. The molecule has 0 saturated heterocycles. The Morgan fingerprint density at radius 1 is 1.20 bits per heavy atom. The van der Waals surface area contributed by atoms with Crippen LogP contribution in [-0.4, -0.2) is 19.9 Å². The van der Waals surface area contributed by atoms with E-state index in [9.17, 15) is 9.59 Å². The second-order valence-corrected chi connectivity index (χ2v) is 6.38. The first-order valence-corrected chi connectivity index (χ1v) is 8.32. The maximum absolute atomic E-state index is 12.4. The molecule has 8 heteroatoms. The lowest BCUT2D eigenvalue weighted by molar-refractivity contribution is 0.0951. The number of benzene rings is 1. The number of hydrogen-bond acceptors (Lipinski definition) is 5. The van der Waals surface area contributed by atoms with Crippen molar-refractivity contribution in [3.05, 3.63) is 75.6 Å². The summed E-state index contributed by atoms with van der Waals surface area (Å²) in [7, 11) is 1.87. The highest BCUT2D eigenvalue weighted by atomic mass is 32.1. The fourth-order valence-electron chi connectivity index (χ4n) is 2.53. The number of carbonyl (C=O) groups is 1. The largest absolute Gasteiger partial charge is 0.318 e. The van der Waals surface area contributed by atoms with Crippen LogP contribution in [0.4, 0.5) is 0 Å². The smallest absolute Gasteiger partial charge is 0.278 e. The Morgan fingerprint density at radius 3 is 2.84 bits per heavy atom. The van der Waals surface area contributed by atoms with Gasteiger partial charge in [-0.1, -0.05) is 29.5 Å². The van der Waals surface area contributed by atoms with Gasteiger partial charge >= 0.3 is 0 Å². The molecule has 4 aromatic rings. The van der Waals surface area contributed by atoms with Gasteiger partial charge in [-0.15, -0.1) is 5.10 Å². The van der Waals surface area contributed by atoms with Gasteiger partial charge < -0.3 is 4.57 Å². The minimum atomic E-state index is -0.590. The normalized spacial score (nSPS) is 12.0. The van der Waals surface area contributed by atoms with E-state index in [1.807, 2.05) is 35.9 Å². The molecule has 0 fully saturated rings. The number of pyridine rings is 1. The number of carbonyl (C=O) groups excluding carboxylic acids is 1. The van der Waals surface area contributed by atoms with Crippen LogP contribution in [0.1, 0.15) is 10.4 Å². The lowest BCUT2D eigenvalue weighted by Crippen LogP contribution is -2.30. The maximum Gasteiger partial charge on any atom is 0.278 e. The van der Waals surface area contributed by atoms with E-state index < -0.39 is 11.5 Å². The van der Waals surface area contributed by atoms with Gasteiger partial charge in [0.2, 0.25) is 4.80 Å². The predicted molar refractivity (Wildman–Crippen MR) is 95.3 cm³/mol. The zero-order chi connectivity index (χ0) is 17.4. The van der Waals surface area contributed by atoms with Crippen molar-refractivity contribution in [3.8, 4) is 0 Å². The molecule has 0 atom stereocenters. The number of para-hydroxylation sites is 1. The van der Waals surface area contributed by atoms with Crippen molar-refractivity contribution >= 4 is 33.1 Å². The van der Waals surface area contributed by atoms with Crippen molar-refractivity contribution in [2.24, 2.45) is 12.1 Å². The minimum Gasteiger partial charge on any atom is -0.318 e. The molecular weight excluding hydrogens is 338 g/mol. The third-order valence-corrected chi connectivity index (χ3v) is 4.94. The first kappa shape index (κ1) is 15.3. The Morgan fingerprint density at radius 2 is 2.00 bits per heavy atom. The molecule has 4 rings (SSSR count). The third-order valence-electron chi connectivity index (χ3n) is 3.83. The summed E-state index contributed by atoms with van der Waals surface area (Å²) < 4.78 is 4.27. The van der Waals surface area contributed by atoms with Crippen LogP contribution in [0.3, 0.4) is 0 Å². The van der Waals surface area contributed by atoms with Gasteiger partial charge in [0.1, 0.15) is 11.2 Å². The number of amides is 1. The number of rotatable bonds is 2. The van der Waals surface area contributed by atoms with Crippen LogP contribution in [-0.2, 0) is 7.05 Å². The van der Waals surface area contributed by atoms with Gasteiger partial charge in [0, 0.05) is 19.4 Å². The minimum absolute atomic E-state index is 0.0591. The van der Waals surface area contributed by atoms with Crippen LogP contribution >= 0.6 is 11.3 Å². The van der Waals surface area contributed by atoms with Gasteiger partial charge in [0.15, 0.2) is 0 Å². The Balaban J connectivity index is 1.71. The van der Waals surface area contributed by atoms with E-state index in [2.05, 4.69) is 15.5 Å². The van der Waals surface area contributed by atoms with Crippen molar-refractivity contribution in [1.82, 2.24) is 19.4 Å². The first-order valence-electron chi connectivity index (χ1n) is 7.50. The van der Waals surface area contributed by atoms with Crippen LogP contribution in [0, 0.1) is 0 Å². The average molecular weight is 351 g/mol. The fourth-order valence-corrected chi connectivity index (χ4v) is 3.51. The van der Waals surface area contributed by atoms with Crippen LogP contribution < -0.4 is 15.8 Å². The monoisotopic (exact) mass is 351 g/mol. The van der Waals surface area contributed by atoms with Crippen LogP contribution in [0.25, 0.3) is 15.9 Å². The molecule has 0 bridgehead atoms. The molecule has 0 aliphatic rings. The Labute approximate surface area is 145 Å². The van der Waals surface area contributed by atoms with E-state index in [0.29, 0.717) is 10.4 Å². The maximum atomic E-state index is 12.4. The molecule has 124 valence electrons. The Bertz CT molecular complexity index is 1230. The highest BCUT2D eigenvalue weighted by Crippen LogP contribution is 2.14. The van der Waals surface area contributed by atoms with Crippen molar-refractivity contribution in [2.75, 3.05) is 0 Å². The average Bonchev–Trinajstić information content (AvgIpc) is 2.96. The zero-order valence-corrected chi connectivity index (χ0v) is 14.0. The summed E-state index contributed by atoms with van der Waals surface area (Å²) in [5, 5.41) is 4.15. The summed E-state index contributed by atoms with van der Waals surface area (Å²) in [4.78, 5) is 29.5. The molecule has 7 nitrogen and oxygen atoms in total. The standard InChI is InChI=1S/C17H13N5O2S/c1-21-12-6-2-3-7-13(12)25-17(21)20-19-15(23)11-10-18-14-8-4-5-9-22(14)16(11)24/h2-10H,1H3,(H,19,23)/b20-17-. The van der Waals surface area contributed by atoms with E-state index in [0.717, 1.165) is 10.2 Å². The van der Waals surface area contributed by atoms with Gasteiger partial charge in [-0.3, -0.25) is 14.0 Å². The number of thiazole rings is 1. The molecule has 0 aliphatic heterocycles. The third kappa shape index (κ3) is 2.62. The van der Waals surface area contributed by atoms with Gasteiger partial charge in [0.05, 0.1) is 10.2 Å². The number of nitrogens with one attached hydrogen (secondary N) is 1. The van der Waals surface area contributed by atoms with Crippen LogP contribution in [0.15, 0.2) is 64.8 Å². The topological polar surface area (TPSA) is 80.8 Å². The number of aryl methyl sites for hydroxylation is 1. The molecule has 0 aliphatic carbocycles. The Kier molecular flexibility index (Phi) is 3.66. The van der Waals surface area contributed by atoms with E-state index >= 15 is 0 Å². The molecule has 3 aromatic heterocycles. The molecule has 0 radical (unpaired) electrons. The molecule has 0 unspecified atom stereocenters. The van der Waals surface area contributed by atoms with E-state index in [4.69, 9.17) is 0 Å². The Hall–Kier alpha value is -3.26. The highest BCUT2D eigenvalue weighted by Gasteiger charge is 2.12. The predicted octanol–water partition coefficient (Wildman–Crippen LogP) is 1.49. The molecule has 0 spiro atoms. The summed E-state index contributed by atoms with van der Waals surface area (Å²) in [6, 6.07) is 13.0. The van der Waals surface area contributed by atoms with Crippen molar-refractivity contribution in [2.45, 2.75) is 0 Å². The summed E-state index contributed by atoms with van der Waals surface area (Å²) >= 11 is 1.45. The van der Waals surface area contributed by atoms with Crippen molar-refractivity contribution < 1.29 is 4.79 Å². The number of aromatic nitrogens is 3. The molecule has 1 aromatic carbocycles. The molecule has 3 heterocycles. The van der Waals surface area contributed by atoms with E-state index in [1.165, 1.54) is 21.9 Å². The van der Waals surface area contributed by atoms with E-state index in [-0.39, 0.29) is 5.56 Å². The summed E-state index contributed by atoms with van der Waals surface area (Å²) in [5.74, 6) is -0.590. The summed E-state index contributed by atoms with van der Waals surface area (Å²) in [6.07, 6.45) is 2.85. The van der Waals surface area contributed by atoms with Gasteiger partial charge in [-0.05, 0) is 24.3 Å². The first-order chi connectivity index (χ1) is 12.1. The second-order valence-electron chi connectivity index (χ2n) is 5.37. The number of nitrogens with zero attached hydrogens (tertiary/aromatic N) is 4. The fraction of sp³-hybridized carbons (Fsp3) is 0.0588. The molecule has 1 amide bonds. The highest BCUT2D eigenvalue weighted by molar-refractivity contribution is 7.16. The molecular formula is C17H13N5O2S. The van der Waals surface area contributed by atoms with Crippen LogP contribution in [0.2, 0.25) is 0 Å². The second kappa shape index (κ2) is 5.99. The van der Waals surface area contributed by atoms with Gasteiger partial charge in [-0.2, -0.15) is 0 Å². The number of fused-ring (bicyclic) bond motifs is 2. The SMILES string of the molecule is Cn1/c(=N/NC(=O)c2cnc3ccccn3c2=O)sc2ccccc21. The summed E-state index contributed by atoms with van der Waals surface area (Å²) in [6.45, 7) is 0. The van der Waals surface area contributed by atoms with Crippen molar-refractivity contribution in [1.29, 1.82) is 0 Å². The van der Waals surface area contributed by atoms with E-state index in [1.54, 1.807) is 24.4 Å². The molecule has 0 saturated carbocycles. The van der Waals surface area contributed by atoms with Gasteiger partial charge in [-0.25, -0.2) is 10.4 Å². The zero-order valence-electron chi connectivity index (χ0n) is 13.2. The van der Waals surface area contributed by atoms with Crippen molar-refractivity contribution in [3.63, 3.8) is 0 Å². The molecule has 25 heavy (non-hydrogen) atoms. The quantitative estimate of drug-likeness (QED) is 0.556. The number of hydrogen-bond donors (Lipinski definition) is 1. The van der Waals surface area contributed by atoms with Gasteiger partial charge in [0.25, 0.3) is 11.5 Å².